The first-order valence-corrected chi connectivity index (χ1v) is 5.27. The molecule has 1 rings (SSSR count). The molecule has 3 N–H and O–H groups in total. The highest BCUT2D eigenvalue weighted by atomic mass is 19.1. The predicted molar refractivity (Wildman–Crippen MR) is 59.0 cm³/mol. The van der Waals surface area contributed by atoms with E-state index in [1.807, 2.05) is 6.92 Å². The third-order valence-corrected chi connectivity index (χ3v) is 2.21. The molecule has 1 atom stereocenters. The molecule has 0 aliphatic heterocycles. The smallest absolute Gasteiger partial charge is 0.311 e. The van der Waals surface area contributed by atoms with E-state index in [1.165, 1.54) is 6.07 Å². The van der Waals surface area contributed by atoms with Gasteiger partial charge in [-0.05, 0) is 19.3 Å². The summed E-state index contributed by atoms with van der Waals surface area (Å²) in [5.41, 5.74) is 4.58. The summed E-state index contributed by atoms with van der Waals surface area (Å²) in [5, 5.41) is 0. The van der Waals surface area contributed by atoms with Gasteiger partial charge in [-0.1, -0.05) is 6.92 Å². The molecule has 0 saturated heterocycles. The number of rotatable bonds is 5. The Morgan fingerprint density at radius 1 is 1.56 bits per heavy atom. The monoisotopic (exact) mass is 229 g/mol. The van der Waals surface area contributed by atoms with Crippen molar-refractivity contribution >= 4 is 0 Å². The first-order chi connectivity index (χ1) is 7.54. The number of nitrogens with zero attached hydrogens (tertiary/aromatic N) is 1. The largest absolute Gasteiger partial charge is 0.328 e. The molecule has 90 valence electrons. The van der Waals surface area contributed by atoms with Gasteiger partial charge in [0, 0.05) is 18.3 Å². The standard InChI is InChI=1S/C10H16FN3O2/c1-2-5-14-9(15)6-7(13-10(14)16)3-4-8(11)12/h6,8H,2-5,12H2,1H3,(H,13,16). The Morgan fingerprint density at radius 2 is 2.25 bits per heavy atom. The zero-order valence-electron chi connectivity index (χ0n) is 9.20. The van der Waals surface area contributed by atoms with E-state index >= 15 is 0 Å². The minimum Gasteiger partial charge on any atom is -0.311 e. The molecule has 0 aliphatic carbocycles. The molecule has 0 fully saturated rings. The third kappa shape index (κ3) is 3.30. The van der Waals surface area contributed by atoms with E-state index in [1.54, 1.807) is 0 Å². The Bertz CT molecular complexity index is 419. The van der Waals surface area contributed by atoms with E-state index in [0.717, 1.165) is 4.57 Å². The van der Waals surface area contributed by atoms with Gasteiger partial charge in [-0.2, -0.15) is 0 Å². The summed E-state index contributed by atoms with van der Waals surface area (Å²) in [7, 11) is 0. The number of nitrogens with one attached hydrogen (secondary N) is 1. The molecule has 0 spiro atoms. The van der Waals surface area contributed by atoms with E-state index in [9.17, 15) is 14.0 Å². The van der Waals surface area contributed by atoms with Crippen molar-refractivity contribution in [2.45, 2.75) is 39.0 Å². The molecule has 1 aromatic rings. The molecule has 0 radical (unpaired) electrons. The fourth-order valence-corrected chi connectivity index (χ4v) is 1.43. The summed E-state index contributed by atoms with van der Waals surface area (Å²) in [6.45, 7) is 2.26. The van der Waals surface area contributed by atoms with Crippen LogP contribution in [0.25, 0.3) is 0 Å². The average molecular weight is 229 g/mol. The molecule has 0 bridgehead atoms. The number of nitrogens with two attached hydrogens (primary N) is 1. The van der Waals surface area contributed by atoms with E-state index in [-0.39, 0.29) is 18.4 Å². The van der Waals surface area contributed by atoms with Gasteiger partial charge in [-0.15, -0.1) is 0 Å². The van der Waals surface area contributed by atoms with Crippen LogP contribution < -0.4 is 17.0 Å². The fraction of sp³-hybridized carbons (Fsp3) is 0.600. The van der Waals surface area contributed by atoms with Gasteiger partial charge in [-0.25, -0.2) is 9.18 Å². The molecule has 0 saturated carbocycles. The first-order valence-electron chi connectivity index (χ1n) is 5.27. The van der Waals surface area contributed by atoms with Crippen molar-refractivity contribution < 1.29 is 4.39 Å². The Hall–Kier alpha value is -1.43. The van der Waals surface area contributed by atoms with Gasteiger partial charge in [0.05, 0.1) is 0 Å². The second-order valence-electron chi connectivity index (χ2n) is 3.64. The number of aromatic amines is 1. The van der Waals surface area contributed by atoms with Gasteiger partial charge in [0.1, 0.15) is 6.30 Å². The molecule has 5 nitrogen and oxygen atoms in total. The average Bonchev–Trinajstić information content (AvgIpc) is 2.20. The summed E-state index contributed by atoms with van der Waals surface area (Å²) < 4.78 is 13.5. The van der Waals surface area contributed by atoms with E-state index in [2.05, 4.69) is 4.98 Å². The van der Waals surface area contributed by atoms with Gasteiger partial charge in [0.15, 0.2) is 0 Å². The molecular formula is C10H16FN3O2. The minimum atomic E-state index is -1.43. The fourth-order valence-electron chi connectivity index (χ4n) is 1.43. The topological polar surface area (TPSA) is 80.9 Å². The van der Waals surface area contributed by atoms with Crippen LogP contribution in [0.2, 0.25) is 0 Å². The first kappa shape index (κ1) is 12.6. The van der Waals surface area contributed by atoms with Crippen molar-refractivity contribution in [2.24, 2.45) is 5.73 Å². The summed E-state index contributed by atoms with van der Waals surface area (Å²) in [4.78, 5) is 25.5. The van der Waals surface area contributed by atoms with Crippen LogP contribution in [0.3, 0.4) is 0 Å². The highest BCUT2D eigenvalue weighted by Gasteiger charge is 2.05. The molecule has 1 unspecified atom stereocenters. The van der Waals surface area contributed by atoms with Gasteiger partial charge in [-0.3, -0.25) is 9.36 Å². The van der Waals surface area contributed by atoms with Crippen molar-refractivity contribution in [2.75, 3.05) is 0 Å². The van der Waals surface area contributed by atoms with Gasteiger partial charge in [0.2, 0.25) is 0 Å². The predicted octanol–water partition coefficient (Wildman–Crippen LogP) is 0.133. The third-order valence-electron chi connectivity index (χ3n) is 2.21. The summed E-state index contributed by atoms with van der Waals surface area (Å²) in [6.07, 6.45) is -0.374. The normalized spacial score (nSPS) is 12.7. The van der Waals surface area contributed by atoms with Gasteiger partial charge in [0.25, 0.3) is 5.56 Å². The zero-order chi connectivity index (χ0) is 12.1. The van der Waals surface area contributed by atoms with E-state index in [4.69, 9.17) is 5.73 Å². The lowest BCUT2D eigenvalue weighted by atomic mass is 10.2. The van der Waals surface area contributed by atoms with Crippen molar-refractivity contribution in [3.63, 3.8) is 0 Å². The van der Waals surface area contributed by atoms with Crippen LogP contribution in [0, 0.1) is 0 Å². The number of hydrogen-bond donors (Lipinski definition) is 2. The zero-order valence-corrected chi connectivity index (χ0v) is 9.20. The Kier molecular flexibility index (Phi) is 4.42. The SMILES string of the molecule is CCCn1c(=O)cc(CCC(N)F)[nH]c1=O. The molecule has 0 aliphatic rings. The summed E-state index contributed by atoms with van der Waals surface area (Å²) in [5.74, 6) is 0. The molecular weight excluding hydrogens is 213 g/mol. The van der Waals surface area contributed by atoms with Crippen LogP contribution in [0.4, 0.5) is 4.39 Å². The molecule has 1 heterocycles. The number of hydrogen-bond acceptors (Lipinski definition) is 3. The molecule has 1 aromatic heterocycles. The van der Waals surface area contributed by atoms with Crippen LogP contribution in [0.15, 0.2) is 15.7 Å². The number of H-pyrrole nitrogens is 1. The molecule has 16 heavy (non-hydrogen) atoms. The second-order valence-corrected chi connectivity index (χ2v) is 3.64. The number of alkyl halides is 1. The Morgan fingerprint density at radius 3 is 2.75 bits per heavy atom. The highest BCUT2D eigenvalue weighted by molar-refractivity contribution is 5.00. The molecule has 0 amide bonds. The quantitative estimate of drug-likeness (QED) is 0.704. The van der Waals surface area contributed by atoms with Crippen molar-refractivity contribution in [3.8, 4) is 0 Å². The Labute approximate surface area is 92.1 Å². The lowest BCUT2D eigenvalue weighted by Crippen LogP contribution is -2.35. The van der Waals surface area contributed by atoms with Crippen LogP contribution in [0.5, 0.6) is 0 Å². The maximum atomic E-state index is 12.4. The maximum absolute atomic E-state index is 12.4. The minimum absolute atomic E-state index is 0.0904. The van der Waals surface area contributed by atoms with Crippen LogP contribution in [-0.2, 0) is 13.0 Å². The number of aromatic nitrogens is 2. The van der Waals surface area contributed by atoms with Crippen molar-refractivity contribution in [3.05, 3.63) is 32.6 Å². The lowest BCUT2D eigenvalue weighted by molar-refractivity contribution is 0.323. The van der Waals surface area contributed by atoms with Crippen molar-refractivity contribution in [1.29, 1.82) is 0 Å². The van der Waals surface area contributed by atoms with Crippen LogP contribution >= 0.6 is 0 Å². The van der Waals surface area contributed by atoms with Crippen LogP contribution in [0.1, 0.15) is 25.5 Å². The van der Waals surface area contributed by atoms with Gasteiger partial charge >= 0.3 is 5.69 Å². The molecule has 0 aromatic carbocycles. The molecule has 6 heteroatoms. The van der Waals surface area contributed by atoms with Crippen LogP contribution in [-0.4, -0.2) is 15.8 Å². The summed E-state index contributed by atoms with van der Waals surface area (Å²) >= 11 is 0. The van der Waals surface area contributed by atoms with E-state index < -0.39 is 12.0 Å². The summed E-state index contributed by atoms with van der Waals surface area (Å²) in [6, 6.07) is 1.32. The van der Waals surface area contributed by atoms with E-state index in [0.29, 0.717) is 18.7 Å². The maximum Gasteiger partial charge on any atom is 0.328 e. The second kappa shape index (κ2) is 5.60. The number of aryl methyl sites for hydroxylation is 1. The Balaban J connectivity index is 2.92. The number of halogens is 1. The van der Waals surface area contributed by atoms with Crippen molar-refractivity contribution in [1.82, 2.24) is 9.55 Å². The lowest BCUT2D eigenvalue weighted by Gasteiger charge is -2.05. The van der Waals surface area contributed by atoms with Gasteiger partial charge < -0.3 is 10.7 Å². The highest BCUT2D eigenvalue weighted by Crippen LogP contribution is 1.97.